The normalized spacial score (nSPS) is 23.3. The fourth-order valence-electron chi connectivity index (χ4n) is 3.37. The quantitative estimate of drug-likeness (QED) is 0.771. The molecule has 1 aromatic heterocycles. The first-order valence-electron chi connectivity index (χ1n) is 9.24. The van der Waals surface area contributed by atoms with Crippen LogP contribution in [0, 0.1) is 0 Å². The Morgan fingerprint density at radius 2 is 2.07 bits per heavy atom. The van der Waals surface area contributed by atoms with Gasteiger partial charge in [0.25, 0.3) is 10.2 Å². The van der Waals surface area contributed by atoms with Gasteiger partial charge in [0.15, 0.2) is 11.5 Å². The van der Waals surface area contributed by atoms with Crippen LogP contribution in [0.2, 0.25) is 0 Å². The van der Waals surface area contributed by atoms with Crippen molar-refractivity contribution < 1.29 is 22.7 Å². The van der Waals surface area contributed by atoms with Gasteiger partial charge in [-0.15, -0.1) is 0 Å². The molecule has 0 saturated carbocycles. The van der Waals surface area contributed by atoms with Crippen LogP contribution in [0.5, 0.6) is 11.5 Å². The molecule has 4 rings (SSSR count). The third-order valence-electron chi connectivity index (χ3n) is 5.07. The van der Waals surface area contributed by atoms with Crippen LogP contribution >= 0.6 is 0 Å². The van der Waals surface area contributed by atoms with Gasteiger partial charge in [0.2, 0.25) is 12.7 Å². The van der Waals surface area contributed by atoms with Crippen LogP contribution in [0.4, 0.5) is 5.69 Å². The lowest BCUT2D eigenvalue weighted by atomic mass is 9.99. The summed E-state index contributed by atoms with van der Waals surface area (Å²) in [7, 11) is -2.45. The molecule has 1 saturated heterocycles. The van der Waals surface area contributed by atoms with Crippen molar-refractivity contribution in [3.8, 4) is 11.5 Å². The monoisotopic (exact) mass is 421 g/mol. The third kappa shape index (κ3) is 3.80. The van der Waals surface area contributed by atoms with Crippen LogP contribution in [-0.2, 0) is 15.0 Å². The highest BCUT2D eigenvalue weighted by Gasteiger charge is 2.41. The van der Waals surface area contributed by atoms with Crippen molar-refractivity contribution in [2.45, 2.75) is 38.4 Å². The second kappa shape index (κ2) is 7.32. The number of carbonyl (C=O) groups is 1. The van der Waals surface area contributed by atoms with E-state index in [0.717, 1.165) is 4.31 Å². The lowest BCUT2D eigenvalue weighted by Crippen LogP contribution is -2.55. The summed E-state index contributed by atoms with van der Waals surface area (Å²) in [5.41, 5.74) is 1.23. The maximum atomic E-state index is 12.9. The second-order valence-corrected chi connectivity index (χ2v) is 9.11. The highest BCUT2D eigenvalue weighted by Crippen LogP contribution is 2.37. The van der Waals surface area contributed by atoms with Crippen molar-refractivity contribution in [2.75, 3.05) is 19.2 Å². The van der Waals surface area contributed by atoms with Crippen LogP contribution < -0.4 is 19.5 Å². The average Bonchev–Trinajstić information content (AvgIpc) is 3.32. The molecular formula is C18H23N5O5S. The molecule has 0 bridgehead atoms. The van der Waals surface area contributed by atoms with Gasteiger partial charge in [-0.25, -0.2) is 0 Å². The van der Waals surface area contributed by atoms with Gasteiger partial charge in [-0.2, -0.15) is 22.5 Å². The average molecular weight is 421 g/mol. The highest BCUT2D eigenvalue weighted by atomic mass is 32.2. The molecule has 2 aromatic rings. The van der Waals surface area contributed by atoms with E-state index in [1.807, 2.05) is 13.8 Å². The number of nitrogens with one attached hydrogen (secondary N) is 2. The first-order valence-corrected chi connectivity index (χ1v) is 10.7. The standard InChI is InChI=1S/C18H23N5O5S/c1-11(2)23-9-13(8-19-23)20-18(24)15-7-14(21-29(25,26)22(15)3)12-4-5-16-17(6-12)28-10-27-16/h4-6,8-9,11,14-15,21H,7,10H2,1-3H3,(H,20,24). The van der Waals surface area contributed by atoms with Gasteiger partial charge in [-0.05, 0) is 38.0 Å². The number of nitrogens with zero attached hydrogens (tertiary/aromatic N) is 3. The molecule has 2 atom stereocenters. The molecule has 29 heavy (non-hydrogen) atoms. The lowest BCUT2D eigenvalue weighted by molar-refractivity contribution is -0.120. The molecule has 11 heteroatoms. The van der Waals surface area contributed by atoms with E-state index in [4.69, 9.17) is 9.47 Å². The fourth-order valence-corrected chi connectivity index (χ4v) is 4.64. The zero-order valence-electron chi connectivity index (χ0n) is 16.3. The summed E-state index contributed by atoms with van der Waals surface area (Å²) >= 11 is 0. The van der Waals surface area contributed by atoms with Crippen molar-refractivity contribution in [1.29, 1.82) is 0 Å². The number of hydrogen-bond acceptors (Lipinski definition) is 6. The number of ether oxygens (including phenoxy) is 2. The van der Waals surface area contributed by atoms with E-state index in [1.165, 1.54) is 7.05 Å². The number of carbonyl (C=O) groups excluding carboxylic acids is 1. The zero-order chi connectivity index (χ0) is 20.8. The molecule has 2 aliphatic heterocycles. The molecule has 2 N–H and O–H groups in total. The summed E-state index contributed by atoms with van der Waals surface area (Å²) in [6, 6.07) is 3.95. The number of benzene rings is 1. The third-order valence-corrected chi connectivity index (χ3v) is 6.66. The molecule has 1 aromatic carbocycles. The fraction of sp³-hybridized carbons (Fsp3) is 0.444. The summed E-state index contributed by atoms with van der Waals surface area (Å²) in [6.07, 6.45) is 3.52. The largest absolute Gasteiger partial charge is 0.454 e. The lowest BCUT2D eigenvalue weighted by Gasteiger charge is -2.36. The Hall–Kier alpha value is -2.63. The van der Waals surface area contributed by atoms with E-state index in [1.54, 1.807) is 35.3 Å². The van der Waals surface area contributed by atoms with Crippen molar-refractivity contribution in [3.05, 3.63) is 36.2 Å². The van der Waals surface area contributed by atoms with Crippen molar-refractivity contribution >= 4 is 21.8 Å². The number of fused-ring (bicyclic) bond motifs is 1. The maximum Gasteiger partial charge on any atom is 0.280 e. The Labute approximate surface area is 169 Å². The summed E-state index contributed by atoms with van der Waals surface area (Å²) in [5.74, 6) is 0.760. The van der Waals surface area contributed by atoms with E-state index < -0.39 is 28.2 Å². The van der Waals surface area contributed by atoms with E-state index >= 15 is 0 Å². The Kier molecular flexibility index (Phi) is 4.97. The Balaban J connectivity index is 1.56. The molecule has 1 amide bonds. The molecule has 10 nitrogen and oxygen atoms in total. The Bertz CT molecular complexity index is 1040. The molecule has 3 heterocycles. The van der Waals surface area contributed by atoms with Gasteiger partial charge in [-0.3, -0.25) is 9.48 Å². The Morgan fingerprint density at radius 3 is 2.79 bits per heavy atom. The van der Waals surface area contributed by atoms with Crippen molar-refractivity contribution in [1.82, 2.24) is 18.8 Å². The van der Waals surface area contributed by atoms with E-state index in [0.29, 0.717) is 22.7 Å². The summed E-state index contributed by atoms with van der Waals surface area (Å²) in [6.45, 7) is 4.08. The maximum absolute atomic E-state index is 12.9. The van der Waals surface area contributed by atoms with Crippen LogP contribution in [0.15, 0.2) is 30.6 Å². The smallest absolute Gasteiger partial charge is 0.280 e. The van der Waals surface area contributed by atoms with Gasteiger partial charge in [-0.1, -0.05) is 6.07 Å². The molecule has 156 valence electrons. The number of amides is 1. The van der Waals surface area contributed by atoms with Gasteiger partial charge in [0.1, 0.15) is 6.04 Å². The van der Waals surface area contributed by atoms with Crippen molar-refractivity contribution in [2.24, 2.45) is 0 Å². The Morgan fingerprint density at radius 1 is 1.31 bits per heavy atom. The topological polar surface area (TPSA) is 115 Å². The SMILES string of the molecule is CC(C)n1cc(NC(=O)C2CC(c3ccc4c(c3)OCO4)NS(=O)(=O)N2C)cn1. The molecule has 2 unspecified atom stereocenters. The minimum Gasteiger partial charge on any atom is -0.454 e. The number of hydrogen-bond donors (Lipinski definition) is 2. The van der Waals surface area contributed by atoms with E-state index in [-0.39, 0.29) is 19.3 Å². The first-order chi connectivity index (χ1) is 13.7. The van der Waals surface area contributed by atoms with Crippen LogP contribution in [0.1, 0.15) is 37.9 Å². The first kappa shape index (κ1) is 19.7. The predicted molar refractivity (Wildman–Crippen MR) is 105 cm³/mol. The summed E-state index contributed by atoms with van der Waals surface area (Å²) in [4.78, 5) is 12.9. The number of aromatic nitrogens is 2. The van der Waals surface area contributed by atoms with Gasteiger partial charge < -0.3 is 14.8 Å². The van der Waals surface area contributed by atoms with E-state index in [9.17, 15) is 13.2 Å². The van der Waals surface area contributed by atoms with Crippen LogP contribution in [0.25, 0.3) is 0 Å². The van der Waals surface area contributed by atoms with Crippen LogP contribution in [0.3, 0.4) is 0 Å². The van der Waals surface area contributed by atoms with E-state index in [2.05, 4.69) is 15.1 Å². The summed E-state index contributed by atoms with van der Waals surface area (Å²) in [5, 5.41) is 6.96. The van der Waals surface area contributed by atoms with Gasteiger partial charge in [0.05, 0.1) is 17.9 Å². The molecule has 1 fully saturated rings. The minimum atomic E-state index is -3.84. The number of rotatable bonds is 4. The number of likely N-dealkylation sites (N-methyl/N-ethyl adjacent to an activating group) is 1. The van der Waals surface area contributed by atoms with Gasteiger partial charge in [0, 0.05) is 19.3 Å². The molecule has 2 aliphatic rings. The zero-order valence-corrected chi connectivity index (χ0v) is 17.1. The summed E-state index contributed by atoms with van der Waals surface area (Å²) < 4.78 is 41.3. The minimum absolute atomic E-state index is 0.132. The molecule has 0 aliphatic carbocycles. The number of anilines is 1. The highest BCUT2D eigenvalue weighted by molar-refractivity contribution is 7.87. The van der Waals surface area contributed by atoms with Gasteiger partial charge >= 0.3 is 0 Å². The van der Waals surface area contributed by atoms with Crippen LogP contribution in [-0.4, -0.2) is 48.3 Å². The molecule has 0 spiro atoms. The molecular weight excluding hydrogens is 398 g/mol. The predicted octanol–water partition coefficient (Wildman–Crippen LogP) is 1.41. The van der Waals surface area contributed by atoms with Crippen molar-refractivity contribution in [3.63, 3.8) is 0 Å². The molecule has 0 radical (unpaired) electrons. The second-order valence-electron chi connectivity index (χ2n) is 7.35.